The molecule has 0 spiro atoms. The number of nitrogens with one attached hydrogen (secondary N) is 1. The van der Waals surface area contributed by atoms with Crippen LogP contribution >= 0.6 is 0 Å². The van der Waals surface area contributed by atoms with Crippen LogP contribution in [-0.2, 0) is 15.8 Å². The first-order valence-electron chi connectivity index (χ1n) is 15.3. The lowest BCUT2D eigenvalue weighted by Gasteiger charge is -2.30. The summed E-state index contributed by atoms with van der Waals surface area (Å²) in [5.41, 5.74) is 4.97. The van der Waals surface area contributed by atoms with Gasteiger partial charge < -0.3 is 35.1 Å². The molecule has 2 fully saturated rings. The number of fused-ring (bicyclic) bond motifs is 3. The predicted molar refractivity (Wildman–Crippen MR) is 161 cm³/mol. The number of benzene rings is 2. The fraction of sp³-hybridized carbons (Fsp3) is 0.394. The van der Waals surface area contributed by atoms with Crippen LogP contribution in [-0.4, -0.2) is 58.2 Å². The van der Waals surface area contributed by atoms with E-state index in [4.69, 9.17) is 20.2 Å². The Morgan fingerprint density at radius 1 is 1.15 bits per heavy atom. The van der Waals surface area contributed by atoms with Gasteiger partial charge in [-0.1, -0.05) is 0 Å². The number of nitrogens with zero attached hydrogens (tertiary/aromatic N) is 3. The van der Waals surface area contributed by atoms with E-state index in [1.165, 1.54) is 25.3 Å². The molecule has 2 amide bonds. The zero-order valence-corrected chi connectivity index (χ0v) is 25.5. The van der Waals surface area contributed by atoms with Gasteiger partial charge in [0.15, 0.2) is 11.5 Å². The second kappa shape index (κ2) is 10.0. The lowest BCUT2D eigenvalue weighted by Crippen LogP contribution is -2.44. The predicted octanol–water partition coefficient (Wildman–Crippen LogP) is 3.93. The van der Waals surface area contributed by atoms with E-state index in [-0.39, 0.29) is 47.7 Å². The molecule has 4 heterocycles. The van der Waals surface area contributed by atoms with E-state index in [9.17, 15) is 23.5 Å². The van der Waals surface area contributed by atoms with Gasteiger partial charge in [-0.05, 0) is 74.9 Å². The quantitative estimate of drug-likeness (QED) is 0.245. The summed E-state index contributed by atoms with van der Waals surface area (Å²) in [6.07, 6.45) is 1.52. The second-order valence-corrected chi connectivity index (χ2v) is 12.9. The van der Waals surface area contributed by atoms with E-state index < -0.39 is 29.1 Å². The average Bonchev–Trinajstić information content (AvgIpc) is 3.97. The van der Waals surface area contributed by atoms with Crippen LogP contribution in [0.4, 0.5) is 8.78 Å². The number of pyridine rings is 1. The number of methoxy groups -OCH3 is 1. The number of hydrogen-bond acceptors (Lipinski definition) is 9. The Balaban J connectivity index is 1.16. The van der Waals surface area contributed by atoms with Crippen LogP contribution in [0.5, 0.6) is 23.0 Å². The topological polar surface area (TPSA) is 160 Å². The van der Waals surface area contributed by atoms with Gasteiger partial charge in [0.1, 0.15) is 40.3 Å². The maximum absolute atomic E-state index is 13.8. The molecule has 2 aliphatic carbocycles. The van der Waals surface area contributed by atoms with Gasteiger partial charge in [-0.2, -0.15) is 5.10 Å². The zero-order valence-electron chi connectivity index (χ0n) is 25.5. The van der Waals surface area contributed by atoms with E-state index in [0.29, 0.717) is 46.8 Å². The minimum absolute atomic E-state index is 0.0847. The fourth-order valence-electron chi connectivity index (χ4n) is 6.36. The number of rotatable bonds is 9. The largest absolute Gasteiger partial charge is 0.586 e. The van der Waals surface area contributed by atoms with Crippen molar-refractivity contribution >= 4 is 22.7 Å². The molecule has 2 aliphatic heterocycles. The van der Waals surface area contributed by atoms with Crippen molar-refractivity contribution in [3.63, 3.8) is 0 Å². The summed E-state index contributed by atoms with van der Waals surface area (Å²) in [7, 11) is 1.52. The van der Waals surface area contributed by atoms with Crippen LogP contribution < -0.4 is 30.0 Å². The lowest BCUT2D eigenvalue weighted by atomic mass is 9.81. The molecule has 0 bridgehead atoms. The third-order valence-electron chi connectivity index (χ3n) is 9.50. The van der Waals surface area contributed by atoms with Crippen LogP contribution in [0.15, 0.2) is 42.6 Å². The standard InChI is InChI=1S/C33H31F2N5O7/c1-31(30(36)42)15-45-28-21(31)12-25(38-27(28)16-3-8-22-23(10-16)47-33(34,35)46-22)32(43,19-4-5-19)14-37-29(41)17-9-18-13-40(20-6-7-20)39-26(18)24(11-17)44-2/h3,8-13,19-20,43H,4-7,14-15H2,1-2H3,(H2,36,42)(H,37,41)/t31-,32+/m0/s1. The zero-order chi connectivity index (χ0) is 32.9. The SMILES string of the molecule is COc1cc(C(=O)NC[C@](O)(c2cc3c(c(-c4ccc5c(c4)OC(F)(F)O5)n2)OC[C@]3(C)C(N)=O)C2CC2)cc2cn(C3CC3)nc12. The molecule has 0 unspecified atom stereocenters. The van der Waals surface area contributed by atoms with Crippen molar-refractivity contribution < 1.29 is 42.4 Å². The van der Waals surface area contributed by atoms with Crippen LogP contribution in [0.2, 0.25) is 0 Å². The number of ether oxygens (including phenoxy) is 4. The van der Waals surface area contributed by atoms with Crippen LogP contribution in [0.3, 0.4) is 0 Å². The van der Waals surface area contributed by atoms with Gasteiger partial charge in [-0.15, -0.1) is 8.78 Å². The summed E-state index contributed by atoms with van der Waals surface area (Å²) < 4.78 is 50.2. The lowest BCUT2D eigenvalue weighted by molar-refractivity contribution is -0.286. The summed E-state index contributed by atoms with van der Waals surface area (Å²) in [4.78, 5) is 31.0. The van der Waals surface area contributed by atoms with Gasteiger partial charge in [0, 0.05) is 28.3 Å². The number of aromatic nitrogens is 3. The Morgan fingerprint density at radius 3 is 2.62 bits per heavy atom. The highest BCUT2D eigenvalue weighted by atomic mass is 19.3. The molecule has 2 saturated carbocycles. The fourth-order valence-corrected chi connectivity index (χ4v) is 6.36. The number of aliphatic hydroxyl groups is 1. The number of alkyl halides is 2. The van der Waals surface area contributed by atoms with Crippen molar-refractivity contribution in [2.24, 2.45) is 11.7 Å². The summed E-state index contributed by atoms with van der Waals surface area (Å²) in [6, 6.07) is 9.45. The van der Waals surface area contributed by atoms with E-state index >= 15 is 0 Å². The van der Waals surface area contributed by atoms with Crippen molar-refractivity contribution in [1.82, 2.24) is 20.1 Å². The molecule has 4 aliphatic rings. The van der Waals surface area contributed by atoms with E-state index in [1.54, 1.807) is 25.1 Å². The molecule has 8 rings (SSSR count). The first kappa shape index (κ1) is 29.4. The highest BCUT2D eigenvalue weighted by molar-refractivity contribution is 6.00. The number of hydrogen-bond donors (Lipinski definition) is 3. The summed E-state index contributed by atoms with van der Waals surface area (Å²) in [6.45, 7) is 1.34. The molecule has 4 N–H and O–H groups in total. The molecule has 244 valence electrons. The van der Waals surface area contributed by atoms with Gasteiger partial charge >= 0.3 is 6.29 Å². The second-order valence-electron chi connectivity index (χ2n) is 12.9. The third kappa shape index (κ3) is 4.80. The van der Waals surface area contributed by atoms with Crippen molar-refractivity contribution in [1.29, 1.82) is 0 Å². The van der Waals surface area contributed by atoms with Gasteiger partial charge in [-0.3, -0.25) is 14.3 Å². The number of primary amides is 1. The third-order valence-corrected chi connectivity index (χ3v) is 9.50. The van der Waals surface area contributed by atoms with Crippen molar-refractivity contribution in [3.8, 4) is 34.3 Å². The van der Waals surface area contributed by atoms with Gasteiger partial charge in [-0.25, -0.2) is 4.98 Å². The van der Waals surface area contributed by atoms with Gasteiger partial charge in [0.2, 0.25) is 5.91 Å². The van der Waals surface area contributed by atoms with Gasteiger partial charge in [0.25, 0.3) is 5.91 Å². The maximum Gasteiger partial charge on any atom is 0.586 e. The number of carbonyl (C=O) groups excluding carboxylic acids is 2. The molecule has 47 heavy (non-hydrogen) atoms. The number of carbonyl (C=O) groups is 2. The number of halogens is 2. The van der Waals surface area contributed by atoms with Crippen molar-refractivity contribution in [2.75, 3.05) is 20.3 Å². The van der Waals surface area contributed by atoms with Crippen LogP contribution in [0.25, 0.3) is 22.2 Å². The van der Waals surface area contributed by atoms with Crippen LogP contribution in [0.1, 0.15) is 60.3 Å². The molecule has 4 aromatic rings. The Labute approximate surface area is 266 Å². The van der Waals surface area contributed by atoms with E-state index in [1.807, 2.05) is 10.9 Å². The normalized spacial score (nSPS) is 22.0. The number of amides is 2. The van der Waals surface area contributed by atoms with E-state index in [2.05, 4.69) is 19.9 Å². The minimum atomic E-state index is -3.82. The van der Waals surface area contributed by atoms with Crippen LogP contribution in [0, 0.1) is 5.92 Å². The molecule has 14 heteroatoms. The molecule has 0 radical (unpaired) electrons. The first-order chi connectivity index (χ1) is 22.4. The summed E-state index contributed by atoms with van der Waals surface area (Å²) >= 11 is 0. The molecule has 2 aromatic heterocycles. The summed E-state index contributed by atoms with van der Waals surface area (Å²) in [5, 5.41) is 20.5. The Morgan fingerprint density at radius 2 is 1.91 bits per heavy atom. The molecule has 2 aromatic carbocycles. The molecule has 2 atom stereocenters. The average molecular weight is 648 g/mol. The monoisotopic (exact) mass is 647 g/mol. The van der Waals surface area contributed by atoms with Crippen molar-refractivity contribution in [3.05, 3.63) is 59.4 Å². The Hall–Kier alpha value is -4.98. The van der Waals surface area contributed by atoms with Crippen molar-refractivity contribution in [2.45, 2.75) is 56.0 Å². The maximum atomic E-state index is 13.8. The highest BCUT2D eigenvalue weighted by Crippen LogP contribution is 2.51. The minimum Gasteiger partial charge on any atom is -0.494 e. The van der Waals surface area contributed by atoms with Gasteiger partial charge in [0.05, 0.1) is 25.4 Å². The molecule has 12 nitrogen and oxygen atoms in total. The molecular formula is C33H31F2N5O7. The smallest absolute Gasteiger partial charge is 0.494 e. The summed E-state index contributed by atoms with van der Waals surface area (Å²) in [5.74, 6) is -1.01. The Kier molecular flexibility index (Phi) is 6.27. The molecular weight excluding hydrogens is 616 g/mol. The Bertz CT molecular complexity index is 1990. The van der Waals surface area contributed by atoms with E-state index in [0.717, 1.165) is 18.2 Å². The molecule has 0 saturated heterocycles. The highest BCUT2D eigenvalue weighted by Gasteiger charge is 2.50. The number of nitrogens with two attached hydrogens (primary N) is 1. The first-order valence-corrected chi connectivity index (χ1v) is 15.3.